The van der Waals surface area contributed by atoms with E-state index in [1.54, 1.807) is 14.2 Å². The van der Waals surface area contributed by atoms with Crippen molar-refractivity contribution in [3.63, 3.8) is 0 Å². The van der Waals surface area contributed by atoms with E-state index in [9.17, 15) is 10.1 Å². The van der Waals surface area contributed by atoms with Crippen LogP contribution in [0.4, 0.5) is 11.4 Å². The summed E-state index contributed by atoms with van der Waals surface area (Å²) in [7, 11) is 3.20. The molecule has 2 aromatic rings. The number of ether oxygens (including phenoxy) is 2. The van der Waals surface area contributed by atoms with Crippen LogP contribution in [-0.2, 0) is 11.2 Å². The second-order valence-corrected chi connectivity index (χ2v) is 7.13. The number of amides is 1. The SMILES string of the molecule is CCc1ccc(NC(=O)/C(C#N)=C\c2cc(OC)c(N3CCCC3)cc2OC)cc1. The third-order valence-electron chi connectivity index (χ3n) is 5.26. The molecule has 1 heterocycles. The molecule has 0 radical (unpaired) electrons. The van der Waals surface area contributed by atoms with Gasteiger partial charge in [-0.3, -0.25) is 4.79 Å². The summed E-state index contributed by atoms with van der Waals surface area (Å²) in [4.78, 5) is 14.9. The lowest BCUT2D eigenvalue weighted by Gasteiger charge is -2.22. The smallest absolute Gasteiger partial charge is 0.266 e. The number of benzene rings is 2. The number of nitrogens with zero attached hydrogens (tertiary/aromatic N) is 2. The Hall–Kier alpha value is -3.46. The summed E-state index contributed by atoms with van der Waals surface area (Å²) >= 11 is 0. The Balaban J connectivity index is 1.89. The zero-order valence-electron chi connectivity index (χ0n) is 17.7. The fraction of sp³-hybridized carbons (Fsp3) is 0.333. The summed E-state index contributed by atoms with van der Waals surface area (Å²) in [5.41, 5.74) is 3.39. The van der Waals surface area contributed by atoms with Gasteiger partial charge in [-0.25, -0.2) is 0 Å². The van der Waals surface area contributed by atoms with Crippen LogP contribution in [-0.4, -0.2) is 33.2 Å². The molecule has 2 aromatic carbocycles. The molecule has 0 unspecified atom stereocenters. The van der Waals surface area contributed by atoms with Gasteiger partial charge in [0, 0.05) is 30.4 Å². The molecule has 1 N–H and O–H groups in total. The normalized spacial score (nSPS) is 13.7. The zero-order chi connectivity index (χ0) is 21.5. The number of hydrogen-bond donors (Lipinski definition) is 1. The van der Waals surface area contributed by atoms with E-state index >= 15 is 0 Å². The topological polar surface area (TPSA) is 74.6 Å². The molecule has 0 aliphatic carbocycles. The molecule has 1 aliphatic heterocycles. The molecular weight excluding hydrogens is 378 g/mol. The van der Waals surface area contributed by atoms with Gasteiger partial charge in [0.15, 0.2) is 0 Å². The number of anilines is 2. The standard InChI is InChI=1S/C24H27N3O3/c1-4-17-7-9-20(10-8-17)26-24(28)19(16-25)13-18-14-23(30-3)21(15-22(18)29-2)27-11-5-6-12-27/h7-10,13-15H,4-6,11-12H2,1-3H3,(H,26,28)/b19-13-. The van der Waals surface area contributed by atoms with Gasteiger partial charge in [0.1, 0.15) is 23.1 Å². The van der Waals surface area contributed by atoms with E-state index in [0.717, 1.165) is 38.0 Å². The lowest BCUT2D eigenvalue weighted by Crippen LogP contribution is -2.18. The van der Waals surface area contributed by atoms with Crippen molar-refractivity contribution >= 4 is 23.4 Å². The largest absolute Gasteiger partial charge is 0.496 e. The van der Waals surface area contributed by atoms with Crippen LogP contribution in [0.25, 0.3) is 6.08 Å². The van der Waals surface area contributed by atoms with Gasteiger partial charge < -0.3 is 19.7 Å². The van der Waals surface area contributed by atoms with Gasteiger partial charge in [0.2, 0.25) is 0 Å². The number of rotatable bonds is 7. The molecule has 1 aliphatic rings. The van der Waals surface area contributed by atoms with Gasteiger partial charge >= 0.3 is 0 Å². The third-order valence-corrected chi connectivity index (χ3v) is 5.26. The van der Waals surface area contributed by atoms with Crippen LogP contribution in [0.2, 0.25) is 0 Å². The third kappa shape index (κ3) is 4.74. The predicted molar refractivity (Wildman–Crippen MR) is 119 cm³/mol. The molecule has 6 nitrogen and oxygen atoms in total. The highest BCUT2D eigenvalue weighted by Crippen LogP contribution is 2.38. The van der Waals surface area contributed by atoms with Gasteiger partial charge in [-0.15, -0.1) is 0 Å². The minimum atomic E-state index is -0.466. The van der Waals surface area contributed by atoms with Crippen molar-refractivity contribution in [2.75, 3.05) is 37.5 Å². The Kier molecular flexibility index (Phi) is 6.97. The molecule has 0 aromatic heterocycles. The minimum Gasteiger partial charge on any atom is -0.496 e. The summed E-state index contributed by atoms with van der Waals surface area (Å²) in [6, 6.07) is 13.3. The van der Waals surface area contributed by atoms with Crippen LogP contribution in [0.15, 0.2) is 42.0 Å². The summed E-state index contributed by atoms with van der Waals surface area (Å²) in [6.45, 7) is 4.01. The van der Waals surface area contributed by atoms with Crippen LogP contribution >= 0.6 is 0 Å². The molecule has 6 heteroatoms. The Morgan fingerprint density at radius 3 is 2.37 bits per heavy atom. The number of nitrogens with one attached hydrogen (secondary N) is 1. The van der Waals surface area contributed by atoms with E-state index in [-0.39, 0.29) is 5.57 Å². The second kappa shape index (κ2) is 9.84. The van der Waals surface area contributed by atoms with Crippen molar-refractivity contribution in [3.8, 4) is 17.6 Å². The molecule has 156 valence electrons. The van der Waals surface area contributed by atoms with Gasteiger partial charge in [0.25, 0.3) is 5.91 Å². The highest BCUT2D eigenvalue weighted by Gasteiger charge is 2.20. The lowest BCUT2D eigenvalue weighted by molar-refractivity contribution is -0.112. The Bertz CT molecular complexity index is 968. The van der Waals surface area contributed by atoms with Crippen molar-refractivity contribution < 1.29 is 14.3 Å². The quantitative estimate of drug-likeness (QED) is 0.545. The molecule has 1 fully saturated rings. The maximum Gasteiger partial charge on any atom is 0.266 e. The van der Waals surface area contributed by atoms with Crippen molar-refractivity contribution in [2.24, 2.45) is 0 Å². The Labute approximate surface area is 177 Å². The molecule has 0 spiro atoms. The fourth-order valence-corrected chi connectivity index (χ4v) is 3.55. The molecule has 0 saturated carbocycles. The molecule has 30 heavy (non-hydrogen) atoms. The first-order chi connectivity index (χ1) is 14.6. The van der Waals surface area contributed by atoms with E-state index in [2.05, 4.69) is 17.1 Å². The Morgan fingerprint density at radius 1 is 1.13 bits per heavy atom. The van der Waals surface area contributed by atoms with Crippen LogP contribution in [0, 0.1) is 11.3 Å². The highest BCUT2D eigenvalue weighted by molar-refractivity contribution is 6.09. The van der Waals surface area contributed by atoms with Crippen molar-refractivity contribution in [3.05, 3.63) is 53.1 Å². The van der Waals surface area contributed by atoms with Gasteiger partial charge in [-0.1, -0.05) is 19.1 Å². The molecule has 0 bridgehead atoms. The van der Waals surface area contributed by atoms with Gasteiger partial charge in [0.05, 0.1) is 19.9 Å². The van der Waals surface area contributed by atoms with Crippen LogP contribution in [0.1, 0.15) is 30.9 Å². The van der Waals surface area contributed by atoms with E-state index < -0.39 is 5.91 Å². The highest BCUT2D eigenvalue weighted by atomic mass is 16.5. The average molecular weight is 405 g/mol. The first kappa shape index (κ1) is 21.3. The van der Waals surface area contributed by atoms with Gasteiger partial charge in [-0.2, -0.15) is 5.26 Å². The summed E-state index contributed by atoms with van der Waals surface area (Å²) in [5.74, 6) is 0.814. The number of methoxy groups -OCH3 is 2. The fourth-order valence-electron chi connectivity index (χ4n) is 3.55. The first-order valence-electron chi connectivity index (χ1n) is 10.1. The summed E-state index contributed by atoms with van der Waals surface area (Å²) in [5, 5.41) is 12.4. The number of carbonyl (C=O) groups excluding carboxylic acids is 1. The number of carbonyl (C=O) groups is 1. The number of nitriles is 1. The molecule has 1 amide bonds. The van der Waals surface area contributed by atoms with E-state index in [1.807, 2.05) is 42.5 Å². The summed E-state index contributed by atoms with van der Waals surface area (Å²) < 4.78 is 11.1. The lowest BCUT2D eigenvalue weighted by atomic mass is 10.1. The average Bonchev–Trinajstić information content (AvgIpc) is 3.32. The zero-order valence-corrected chi connectivity index (χ0v) is 17.7. The predicted octanol–water partition coefficient (Wildman–Crippen LogP) is 4.41. The molecular formula is C24H27N3O3. The monoisotopic (exact) mass is 405 g/mol. The first-order valence-corrected chi connectivity index (χ1v) is 10.1. The van der Waals surface area contributed by atoms with Crippen LogP contribution in [0.3, 0.4) is 0 Å². The molecule has 3 rings (SSSR count). The van der Waals surface area contributed by atoms with Gasteiger partial charge in [-0.05, 0) is 49.1 Å². The van der Waals surface area contributed by atoms with Crippen LogP contribution in [0.5, 0.6) is 11.5 Å². The Morgan fingerprint density at radius 2 is 1.80 bits per heavy atom. The maximum atomic E-state index is 12.7. The van der Waals surface area contributed by atoms with E-state index in [4.69, 9.17) is 9.47 Å². The maximum absolute atomic E-state index is 12.7. The van der Waals surface area contributed by atoms with Crippen LogP contribution < -0.4 is 19.7 Å². The number of aryl methyl sites for hydroxylation is 1. The van der Waals surface area contributed by atoms with E-state index in [0.29, 0.717) is 22.7 Å². The van der Waals surface area contributed by atoms with Crippen molar-refractivity contribution in [1.82, 2.24) is 0 Å². The van der Waals surface area contributed by atoms with E-state index in [1.165, 1.54) is 11.6 Å². The summed E-state index contributed by atoms with van der Waals surface area (Å²) in [6.07, 6.45) is 4.74. The molecule has 1 saturated heterocycles. The number of hydrogen-bond acceptors (Lipinski definition) is 5. The van der Waals surface area contributed by atoms with Crippen molar-refractivity contribution in [2.45, 2.75) is 26.2 Å². The minimum absolute atomic E-state index is 0.0103. The second-order valence-electron chi connectivity index (χ2n) is 7.13. The molecule has 0 atom stereocenters. The van der Waals surface area contributed by atoms with Crippen molar-refractivity contribution in [1.29, 1.82) is 5.26 Å².